The number of methoxy groups -OCH3 is 2. The van der Waals surface area contributed by atoms with Crippen molar-refractivity contribution >= 4 is 8.32 Å². The zero-order chi connectivity index (χ0) is 37.4. The molecule has 0 saturated heterocycles. The van der Waals surface area contributed by atoms with Gasteiger partial charge in [0.1, 0.15) is 11.9 Å². The lowest BCUT2D eigenvalue weighted by atomic mass is 9.91. The van der Waals surface area contributed by atoms with Crippen molar-refractivity contribution in [2.24, 2.45) is 5.92 Å². The third-order valence-electron chi connectivity index (χ3n) is 10.2. The van der Waals surface area contributed by atoms with Crippen LogP contribution in [0.3, 0.4) is 0 Å². The van der Waals surface area contributed by atoms with Crippen LogP contribution in [0, 0.1) is 18.3 Å². The van der Waals surface area contributed by atoms with Crippen molar-refractivity contribution in [2.45, 2.75) is 141 Å². The summed E-state index contributed by atoms with van der Waals surface area (Å²) in [6, 6.07) is 8.00. The molecule has 2 heterocycles. The van der Waals surface area contributed by atoms with E-state index in [1.807, 2.05) is 24.3 Å². The summed E-state index contributed by atoms with van der Waals surface area (Å²) in [6.07, 6.45) is 26.1. The molecule has 2 aliphatic rings. The summed E-state index contributed by atoms with van der Waals surface area (Å²) in [5.41, 5.74) is 3.62. The first-order chi connectivity index (χ1) is 24.2. The van der Waals surface area contributed by atoms with Crippen LogP contribution in [0.15, 0.2) is 84.5 Å². The predicted octanol–water partition coefficient (Wildman–Crippen LogP) is 10.3. The first-order valence-electron chi connectivity index (χ1n) is 18.7. The fraction of sp³-hybridized carbons (Fsp3) is 0.591. The second-order valence-corrected chi connectivity index (χ2v) is 20.6. The Morgan fingerprint density at radius 3 is 2.53 bits per heavy atom. The second-order valence-electron chi connectivity index (χ2n) is 15.9. The summed E-state index contributed by atoms with van der Waals surface area (Å²) >= 11 is 0. The minimum Gasteiger partial charge on any atom is -0.497 e. The molecular weight excluding hydrogens is 653 g/mol. The summed E-state index contributed by atoms with van der Waals surface area (Å²) in [7, 11) is 1.35. The molecule has 3 rings (SSSR count). The molecule has 0 fully saturated rings. The van der Waals surface area contributed by atoms with Gasteiger partial charge in [-0.2, -0.15) is 0 Å². The summed E-state index contributed by atoms with van der Waals surface area (Å²) in [6.45, 7) is 21.6. The van der Waals surface area contributed by atoms with Gasteiger partial charge in [-0.3, -0.25) is 0 Å². The van der Waals surface area contributed by atoms with Gasteiger partial charge in [0.2, 0.25) is 0 Å². The lowest BCUT2D eigenvalue weighted by Crippen LogP contribution is -2.43. The van der Waals surface area contributed by atoms with Crippen LogP contribution in [-0.4, -0.2) is 65.8 Å². The average Bonchev–Trinajstić information content (AvgIpc) is 3.06. The molecule has 0 aromatic heterocycles. The summed E-state index contributed by atoms with van der Waals surface area (Å²) in [5.74, 6) is 3.99. The first-order valence-corrected chi connectivity index (χ1v) is 21.6. The highest BCUT2D eigenvalue weighted by atomic mass is 28.4. The molecular formula is C44H66O6Si. The highest BCUT2D eigenvalue weighted by Gasteiger charge is 2.39. The normalized spacial score (nSPS) is 22.4. The summed E-state index contributed by atoms with van der Waals surface area (Å²) in [4.78, 5) is 0. The number of ether oxygens (including phenoxy) is 5. The highest BCUT2D eigenvalue weighted by molar-refractivity contribution is 6.74. The SMILES string of the molecule is C#CCC1C=CCC(CC(C)CC(=C)CC(/C=C/CC(OCc2ccc(OC)cc2)C(/C=C\C2CC(C)=CCO2)OC)O[Si](C)(C)C(C)(C)C)O1. The van der Waals surface area contributed by atoms with Gasteiger partial charge in [-0.05, 0) is 87.2 Å². The lowest BCUT2D eigenvalue weighted by molar-refractivity contribution is -0.0420. The molecule has 0 spiro atoms. The van der Waals surface area contributed by atoms with Gasteiger partial charge in [-0.25, -0.2) is 0 Å². The Morgan fingerprint density at radius 1 is 1.14 bits per heavy atom. The van der Waals surface area contributed by atoms with Gasteiger partial charge in [-0.1, -0.05) is 100 Å². The fourth-order valence-electron chi connectivity index (χ4n) is 6.28. The smallest absolute Gasteiger partial charge is 0.192 e. The highest BCUT2D eigenvalue weighted by Crippen LogP contribution is 2.38. The zero-order valence-electron chi connectivity index (χ0n) is 33.0. The third kappa shape index (κ3) is 15.1. The maximum atomic E-state index is 7.02. The fourth-order valence-corrected chi connectivity index (χ4v) is 7.56. The minimum absolute atomic E-state index is 0.0239. The number of hydrogen-bond acceptors (Lipinski definition) is 6. The Morgan fingerprint density at radius 2 is 1.88 bits per heavy atom. The van der Waals surface area contributed by atoms with E-state index in [0.717, 1.165) is 43.4 Å². The van der Waals surface area contributed by atoms with Crippen LogP contribution in [0.25, 0.3) is 0 Å². The van der Waals surface area contributed by atoms with E-state index in [4.69, 9.17) is 34.5 Å². The molecule has 0 bridgehead atoms. The van der Waals surface area contributed by atoms with Crippen molar-refractivity contribution in [2.75, 3.05) is 20.8 Å². The number of rotatable bonds is 20. The van der Waals surface area contributed by atoms with E-state index in [1.165, 1.54) is 11.1 Å². The van der Waals surface area contributed by atoms with Crippen LogP contribution in [0.1, 0.15) is 85.1 Å². The molecule has 1 aromatic rings. The number of terminal acetylenes is 1. The minimum atomic E-state index is -2.07. The molecule has 0 aliphatic carbocycles. The Balaban J connectivity index is 1.74. The quantitative estimate of drug-likeness (QED) is 0.0760. The predicted molar refractivity (Wildman–Crippen MR) is 213 cm³/mol. The third-order valence-corrected chi connectivity index (χ3v) is 14.7. The van der Waals surface area contributed by atoms with Crippen molar-refractivity contribution < 1.29 is 28.1 Å². The second kappa shape index (κ2) is 21.1. The van der Waals surface area contributed by atoms with Gasteiger partial charge in [0.25, 0.3) is 0 Å². The van der Waals surface area contributed by atoms with Gasteiger partial charge in [0, 0.05) is 13.5 Å². The Bertz CT molecular complexity index is 1360. The molecule has 0 radical (unpaired) electrons. The van der Waals surface area contributed by atoms with Crippen molar-refractivity contribution in [3.63, 3.8) is 0 Å². The van der Waals surface area contributed by atoms with Gasteiger partial charge in [0.05, 0.1) is 50.8 Å². The van der Waals surface area contributed by atoms with Crippen LogP contribution < -0.4 is 4.74 Å². The van der Waals surface area contributed by atoms with Crippen LogP contribution in [0.2, 0.25) is 18.1 Å². The van der Waals surface area contributed by atoms with E-state index in [1.54, 1.807) is 14.2 Å². The van der Waals surface area contributed by atoms with E-state index < -0.39 is 8.32 Å². The molecule has 7 heteroatoms. The molecule has 1 aromatic carbocycles. The van der Waals surface area contributed by atoms with Crippen LogP contribution in [0.5, 0.6) is 5.75 Å². The Labute approximate surface area is 311 Å². The van der Waals surface area contributed by atoms with E-state index in [0.29, 0.717) is 32.0 Å². The van der Waals surface area contributed by atoms with E-state index >= 15 is 0 Å². The van der Waals surface area contributed by atoms with Gasteiger partial charge < -0.3 is 28.1 Å². The average molecular weight is 719 g/mol. The molecule has 51 heavy (non-hydrogen) atoms. The molecule has 0 amide bonds. The van der Waals surface area contributed by atoms with Crippen molar-refractivity contribution in [3.05, 3.63) is 90.1 Å². The van der Waals surface area contributed by atoms with Gasteiger partial charge >= 0.3 is 0 Å². The molecule has 6 nitrogen and oxygen atoms in total. The van der Waals surface area contributed by atoms with Crippen LogP contribution in [0.4, 0.5) is 0 Å². The van der Waals surface area contributed by atoms with Crippen molar-refractivity contribution in [1.29, 1.82) is 0 Å². The maximum absolute atomic E-state index is 7.02. The van der Waals surface area contributed by atoms with Gasteiger partial charge in [0.15, 0.2) is 8.32 Å². The molecule has 7 unspecified atom stereocenters. The topological polar surface area (TPSA) is 55.4 Å². The summed E-state index contributed by atoms with van der Waals surface area (Å²) in [5, 5.41) is 0.0825. The zero-order valence-corrected chi connectivity index (χ0v) is 34.0. The Hall–Kier alpha value is -2.70. The number of hydrogen-bond donors (Lipinski definition) is 0. The Kier molecular flexibility index (Phi) is 17.7. The molecule has 0 saturated carbocycles. The van der Waals surface area contributed by atoms with E-state index in [-0.39, 0.29) is 41.7 Å². The molecule has 7 atom stereocenters. The lowest BCUT2D eigenvalue weighted by Gasteiger charge is -2.39. The van der Waals surface area contributed by atoms with Gasteiger partial charge in [-0.15, -0.1) is 12.3 Å². The van der Waals surface area contributed by atoms with E-state index in [9.17, 15) is 0 Å². The van der Waals surface area contributed by atoms with Crippen LogP contribution in [-0.2, 0) is 30.0 Å². The summed E-state index contributed by atoms with van der Waals surface area (Å²) < 4.78 is 37.2. The largest absolute Gasteiger partial charge is 0.497 e. The first kappa shape index (κ1) is 42.7. The van der Waals surface area contributed by atoms with Crippen molar-refractivity contribution in [1.82, 2.24) is 0 Å². The number of benzene rings is 1. The standard InChI is InChI=1S/C44H66O6Si/c1-12-15-38-16-13-17-40(49-38)30-34(3)28-35(4)31-41(50-51(10,11)44(5,6)7)18-14-19-43(48-32-36-20-22-37(45-8)23-21-36)42(46-9)25-24-39-29-33(2)26-27-47-39/h1,13-14,16,18,20-26,34,38-43H,4,15,17,19,27-32H2,2-3,5-11H3/b18-14+,25-24-. The monoisotopic (exact) mass is 718 g/mol. The maximum Gasteiger partial charge on any atom is 0.192 e. The molecule has 0 N–H and O–H groups in total. The van der Waals surface area contributed by atoms with Crippen molar-refractivity contribution in [3.8, 4) is 18.1 Å². The van der Waals surface area contributed by atoms with E-state index in [2.05, 4.69) is 103 Å². The molecule has 2 aliphatic heterocycles. The molecule has 282 valence electrons. The van der Waals surface area contributed by atoms with Crippen LogP contribution >= 0.6 is 0 Å².